The van der Waals surface area contributed by atoms with Gasteiger partial charge in [-0.1, -0.05) is 13.8 Å². The Balaban J connectivity index is 2.27. The normalized spacial score (nSPS) is 11.1. The number of hydrogen-bond donors (Lipinski definition) is 0. The van der Waals surface area contributed by atoms with Gasteiger partial charge < -0.3 is 9.30 Å². The molecule has 0 amide bonds. The Bertz CT molecular complexity index is 464. The van der Waals surface area contributed by atoms with Crippen molar-refractivity contribution >= 4 is 11.0 Å². The summed E-state index contributed by atoms with van der Waals surface area (Å²) >= 11 is 0. The van der Waals surface area contributed by atoms with Gasteiger partial charge in [-0.15, -0.1) is 0 Å². The van der Waals surface area contributed by atoms with Crippen molar-refractivity contribution in [1.29, 1.82) is 0 Å². The molecule has 0 saturated carbocycles. The summed E-state index contributed by atoms with van der Waals surface area (Å²) in [6.45, 7) is 5.56. The second-order valence-corrected chi connectivity index (χ2v) is 3.73. The highest BCUT2D eigenvalue weighted by Crippen LogP contribution is 2.16. The van der Waals surface area contributed by atoms with E-state index in [1.807, 2.05) is 10.8 Å². The average molecular weight is 219 g/mol. The zero-order chi connectivity index (χ0) is 11.4. The zero-order valence-electron chi connectivity index (χ0n) is 9.81. The molecule has 4 heteroatoms. The molecule has 0 aliphatic carbocycles. The van der Waals surface area contributed by atoms with Crippen molar-refractivity contribution in [2.45, 2.75) is 33.4 Å². The molecule has 0 spiro atoms. The summed E-state index contributed by atoms with van der Waals surface area (Å²) < 4.78 is 7.53. The van der Waals surface area contributed by atoms with E-state index < -0.39 is 0 Å². The van der Waals surface area contributed by atoms with Crippen molar-refractivity contribution < 1.29 is 4.74 Å². The molecule has 16 heavy (non-hydrogen) atoms. The van der Waals surface area contributed by atoms with Crippen LogP contribution in [0.25, 0.3) is 11.0 Å². The molecule has 0 unspecified atom stereocenters. The van der Waals surface area contributed by atoms with Crippen LogP contribution < -0.4 is 0 Å². The van der Waals surface area contributed by atoms with Crippen LogP contribution in [0.2, 0.25) is 0 Å². The number of ether oxygens (including phenoxy) is 1. The van der Waals surface area contributed by atoms with E-state index in [2.05, 4.69) is 29.9 Å². The molecule has 0 atom stereocenters. The maximum atomic E-state index is 5.51. The second-order valence-electron chi connectivity index (χ2n) is 3.73. The predicted octanol–water partition coefficient (Wildman–Crippen LogP) is 2.38. The summed E-state index contributed by atoms with van der Waals surface area (Å²) in [7, 11) is 0. The van der Waals surface area contributed by atoms with Gasteiger partial charge in [-0.05, 0) is 18.9 Å². The highest BCUT2D eigenvalue weighted by atomic mass is 16.5. The Morgan fingerprint density at radius 1 is 1.31 bits per heavy atom. The zero-order valence-corrected chi connectivity index (χ0v) is 9.81. The average Bonchev–Trinajstić information content (AvgIpc) is 2.73. The van der Waals surface area contributed by atoms with E-state index in [0.717, 1.165) is 36.2 Å². The summed E-state index contributed by atoms with van der Waals surface area (Å²) in [5.74, 6) is 0. The fourth-order valence-electron chi connectivity index (χ4n) is 1.75. The molecule has 0 aliphatic heterocycles. The fourth-order valence-corrected chi connectivity index (χ4v) is 1.75. The summed E-state index contributed by atoms with van der Waals surface area (Å²) in [4.78, 5) is 8.57. The number of nitrogens with zero attached hydrogens (tertiary/aromatic N) is 3. The molecular weight excluding hydrogens is 202 g/mol. The first-order chi connectivity index (χ1) is 7.86. The van der Waals surface area contributed by atoms with Crippen LogP contribution in [0.5, 0.6) is 0 Å². The van der Waals surface area contributed by atoms with Gasteiger partial charge in [0.05, 0.1) is 5.69 Å². The minimum absolute atomic E-state index is 0.567. The molecule has 0 N–H and O–H groups in total. The van der Waals surface area contributed by atoms with E-state index in [4.69, 9.17) is 4.74 Å². The van der Waals surface area contributed by atoms with Gasteiger partial charge in [0, 0.05) is 18.2 Å². The lowest BCUT2D eigenvalue weighted by Gasteiger charge is -2.05. The largest absolute Gasteiger partial charge is 0.361 e. The van der Waals surface area contributed by atoms with Crippen molar-refractivity contribution in [1.82, 2.24) is 14.5 Å². The van der Waals surface area contributed by atoms with Crippen molar-refractivity contribution in [2.24, 2.45) is 0 Å². The molecule has 2 heterocycles. The molecule has 86 valence electrons. The third-order valence-corrected chi connectivity index (χ3v) is 2.55. The highest BCUT2D eigenvalue weighted by Gasteiger charge is 2.06. The van der Waals surface area contributed by atoms with Crippen molar-refractivity contribution in [3.8, 4) is 0 Å². The summed E-state index contributed by atoms with van der Waals surface area (Å²) in [6, 6.07) is 2.06. The first kappa shape index (κ1) is 11.1. The standard InChI is InChI=1S/C12H17N3O/c1-3-7-16-9-15-6-5-10-11(4-2)13-8-14-12(10)15/h5-6,8H,3-4,7,9H2,1-2H3. The minimum atomic E-state index is 0.567. The van der Waals surface area contributed by atoms with Gasteiger partial charge >= 0.3 is 0 Å². The minimum Gasteiger partial charge on any atom is -0.361 e. The second kappa shape index (κ2) is 5.07. The first-order valence-corrected chi connectivity index (χ1v) is 5.73. The Morgan fingerprint density at radius 3 is 2.94 bits per heavy atom. The molecule has 2 rings (SSSR count). The highest BCUT2D eigenvalue weighted by molar-refractivity contribution is 5.78. The Labute approximate surface area is 95.3 Å². The number of aromatic nitrogens is 3. The van der Waals surface area contributed by atoms with Crippen LogP contribution in [0.3, 0.4) is 0 Å². The maximum absolute atomic E-state index is 5.51. The van der Waals surface area contributed by atoms with Crippen LogP contribution >= 0.6 is 0 Å². The van der Waals surface area contributed by atoms with Crippen molar-refractivity contribution in [2.75, 3.05) is 6.61 Å². The number of fused-ring (bicyclic) bond motifs is 1. The van der Waals surface area contributed by atoms with Gasteiger partial charge in [-0.2, -0.15) is 0 Å². The van der Waals surface area contributed by atoms with Crippen LogP contribution in [-0.2, 0) is 17.9 Å². The molecule has 0 aromatic carbocycles. The summed E-state index contributed by atoms with van der Waals surface area (Å²) in [5.41, 5.74) is 2.06. The van der Waals surface area contributed by atoms with E-state index in [1.54, 1.807) is 6.33 Å². The maximum Gasteiger partial charge on any atom is 0.145 e. The van der Waals surface area contributed by atoms with E-state index in [9.17, 15) is 0 Å². The van der Waals surface area contributed by atoms with Crippen molar-refractivity contribution in [3.05, 3.63) is 24.3 Å². The molecule has 0 bridgehead atoms. The first-order valence-electron chi connectivity index (χ1n) is 5.73. The van der Waals surface area contributed by atoms with Gasteiger partial charge in [0.15, 0.2) is 0 Å². The van der Waals surface area contributed by atoms with Gasteiger partial charge in [0.25, 0.3) is 0 Å². The van der Waals surface area contributed by atoms with Crippen LogP contribution in [-0.4, -0.2) is 21.1 Å². The molecule has 0 radical (unpaired) electrons. The molecule has 0 saturated heterocycles. The lowest BCUT2D eigenvalue weighted by Crippen LogP contribution is -2.03. The van der Waals surface area contributed by atoms with E-state index in [0.29, 0.717) is 6.73 Å². The predicted molar refractivity (Wildman–Crippen MR) is 63.1 cm³/mol. The lowest BCUT2D eigenvalue weighted by atomic mass is 10.2. The lowest BCUT2D eigenvalue weighted by molar-refractivity contribution is 0.0800. The monoisotopic (exact) mass is 219 g/mol. The molecule has 0 aliphatic rings. The van der Waals surface area contributed by atoms with Crippen LogP contribution in [0, 0.1) is 0 Å². The van der Waals surface area contributed by atoms with Gasteiger partial charge in [0.2, 0.25) is 0 Å². The topological polar surface area (TPSA) is 39.9 Å². The Morgan fingerprint density at radius 2 is 2.19 bits per heavy atom. The molecule has 2 aromatic heterocycles. The van der Waals surface area contributed by atoms with Crippen LogP contribution in [0.4, 0.5) is 0 Å². The third-order valence-electron chi connectivity index (χ3n) is 2.55. The summed E-state index contributed by atoms with van der Waals surface area (Å²) in [6.07, 6.45) is 5.60. The molecule has 4 nitrogen and oxygen atoms in total. The Hall–Kier alpha value is -1.42. The molecule has 2 aromatic rings. The summed E-state index contributed by atoms with van der Waals surface area (Å²) in [5, 5.41) is 1.13. The quantitative estimate of drug-likeness (QED) is 0.725. The van der Waals surface area contributed by atoms with E-state index in [1.165, 1.54) is 0 Å². The van der Waals surface area contributed by atoms with Gasteiger partial charge in [-0.25, -0.2) is 9.97 Å². The van der Waals surface area contributed by atoms with Crippen LogP contribution in [0.15, 0.2) is 18.6 Å². The molecule has 0 fully saturated rings. The smallest absolute Gasteiger partial charge is 0.145 e. The van der Waals surface area contributed by atoms with Gasteiger partial charge in [0.1, 0.15) is 18.7 Å². The SMILES string of the molecule is CCCOCn1ccc2c(CC)ncnc21. The third kappa shape index (κ3) is 2.07. The fraction of sp³-hybridized carbons (Fsp3) is 0.500. The molecular formula is C12H17N3O. The van der Waals surface area contributed by atoms with Crippen LogP contribution in [0.1, 0.15) is 26.0 Å². The Kier molecular flexibility index (Phi) is 3.51. The van der Waals surface area contributed by atoms with E-state index in [-0.39, 0.29) is 0 Å². The van der Waals surface area contributed by atoms with Crippen molar-refractivity contribution in [3.63, 3.8) is 0 Å². The number of hydrogen-bond acceptors (Lipinski definition) is 3. The van der Waals surface area contributed by atoms with Gasteiger partial charge in [-0.3, -0.25) is 0 Å². The number of rotatable bonds is 5. The number of aryl methyl sites for hydroxylation is 1. The van der Waals surface area contributed by atoms with E-state index >= 15 is 0 Å².